The molecule has 0 radical (unpaired) electrons. The zero-order chi connectivity index (χ0) is 19.9. The number of hydrogen-bond acceptors (Lipinski definition) is 5. The van der Waals surface area contributed by atoms with Crippen LogP contribution in [0.1, 0.15) is 25.3 Å². The Labute approximate surface area is 164 Å². The van der Waals surface area contributed by atoms with E-state index < -0.39 is 0 Å². The van der Waals surface area contributed by atoms with E-state index in [1.165, 1.54) is 6.92 Å². The molecule has 1 aromatic heterocycles. The van der Waals surface area contributed by atoms with Gasteiger partial charge in [-0.2, -0.15) is 0 Å². The van der Waals surface area contributed by atoms with Crippen LogP contribution in [0.15, 0.2) is 42.7 Å². The number of carbonyl (C=O) groups excluding carboxylic acids is 2. The standard InChI is InChI=1S/C21H25N3O4/c1-15(25)24-11-3-4-17(13-24)21(26)23-18-5-6-19(27-2)20(12-18)28-14-16-7-9-22-10-8-16/h5-10,12,17H,3-4,11,13-14H2,1-2H3,(H,23,26). The third-order valence-electron chi connectivity index (χ3n) is 4.81. The number of carbonyl (C=O) groups is 2. The second-order valence-electron chi connectivity index (χ2n) is 6.80. The first-order valence-corrected chi connectivity index (χ1v) is 9.33. The van der Waals surface area contributed by atoms with Crippen LogP contribution in [-0.2, 0) is 16.2 Å². The minimum atomic E-state index is -0.207. The molecule has 28 heavy (non-hydrogen) atoms. The van der Waals surface area contributed by atoms with Gasteiger partial charge in [-0.15, -0.1) is 0 Å². The van der Waals surface area contributed by atoms with Gasteiger partial charge in [0.25, 0.3) is 0 Å². The smallest absolute Gasteiger partial charge is 0.229 e. The van der Waals surface area contributed by atoms with Gasteiger partial charge in [0, 0.05) is 44.2 Å². The first-order valence-electron chi connectivity index (χ1n) is 9.33. The zero-order valence-corrected chi connectivity index (χ0v) is 16.2. The molecule has 2 aromatic rings. The summed E-state index contributed by atoms with van der Waals surface area (Å²) >= 11 is 0. The molecule has 1 aromatic carbocycles. The molecule has 3 rings (SSSR count). The normalized spacial score (nSPS) is 16.4. The topological polar surface area (TPSA) is 80.8 Å². The molecule has 1 aliphatic rings. The van der Waals surface area contributed by atoms with E-state index in [2.05, 4.69) is 10.3 Å². The lowest BCUT2D eigenvalue weighted by molar-refractivity contribution is -0.132. The maximum atomic E-state index is 12.7. The number of pyridine rings is 1. The number of aromatic nitrogens is 1. The number of ether oxygens (including phenoxy) is 2. The van der Waals surface area contributed by atoms with E-state index in [0.29, 0.717) is 36.9 Å². The first kappa shape index (κ1) is 19.7. The van der Waals surface area contributed by atoms with Crippen molar-refractivity contribution in [2.24, 2.45) is 5.92 Å². The van der Waals surface area contributed by atoms with E-state index in [4.69, 9.17) is 9.47 Å². The second-order valence-corrected chi connectivity index (χ2v) is 6.80. The Balaban J connectivity index is 1.66. The van der Waals surface area contributed by atoms with E-state index in [1.807, 2.05) is 12.1 Å². The average molecular weight is 383 g/mol. The molecule has 1 unspecified atom stereocenters. The van der Waals surface area contributed by atoms with Crippen molar-refractivity contribution in [2.45, 2.75) is 26.4 Å². The quantitative estimate of drug-likeness (QED) is 0.830. The molecule has 2 heterocycles. The van der Waals surface area contributed by atoms with Crippen molar-refractivity contribution in [3.63, 3.8) is 0 Å². The highest BCUT2D eigenvalue weighted by molar-refractivity contribution is 5.93. The number of nitrogens with zero attached hydrogens (tertiary/aromatic N) is 2. The highest BCUT2D eigenvalue weighted by atomic mass is 16.5. The molecule has 7 nitrogen and oxygen atoms in total. The highest BCUT2D eigenvalue weighted by Crippen LogP contribution is 2.31. The molecular weight excluding hydrogens is 358 g/mol. The van der Waals surface area contributed by atoms with Crippen LogP contribution in [0, 0.1) is 5.92 Å². The predicted octanol–water partition coefficient (Wildman–Crippen LogP) is 2.87. The molecule has 7 heteroatoms. The van der Waals surface area contributed by atoms with Gasteiger partial charge >= 0.3 is 0 Å². The Morgan fingerprint density at radius 2 is 2.00 bits per heavy atom. The summed E-state index contributed by atoms with van der Waals surface area (Å²) in [6.07, 6.45) is 5.03. The van der Waals surface area contributed by atoms with Crippen molar-refractivity contribution in [1.82, 2.24) is 9.88 Å². The third kappa shape index (κ3) is 5.00. The first-order chi connectivity index (χ1) is 13.6. The Bertz CT molecular complexity index is 826. The van der Waals surface area contributed by atoms with E-state index in [9.17, 15) is 9.59 Å². The van der Waals surface area contributed by atoms with Crippen molar-refractivity contribution in [1.29, 1.82) is 0 Å². The summed E-state index contributed by atoms with van der Waals surface area (Å²) in [7, 11) is 1.57. The van der Waals surface area contributed by atoms with Crippen molar-refractivity contribution >= 4 is 17.5 Å². The van der Waals surface area contributed by atoms with Gasteiger partial charge in [0.2, 0.25) is 11.8 Å². The average Bonchev–Trinajstić information content (AvgIpc) is 2.73. The number of anilines is 1. The van der Waals surface area contributed by atoms with Crippen LogP contribution >= 0.6 is 0 Å². The number of likely N-dealkylation sites (tertiary alicyclic amines) is 1. The Hall–Kier alpha value is -3.09. The molecule has 0 aliphatic carbocycles. The van der Waals surface area contributed by atoms with E-state index in [1.54, 1.807) is 42.6 Å². The fraction of sp³-hybridized carbons (Fsp3) is 0.381. The van der Waals surface area contributed by atoms with Gasteiger partial charge < -0.3 is 19.7 Å². The lowest BCUT2D eigenvalue weighted by Crippen LogP contribution is -2.42. The number of piperidine rings is 1. The molecule has 0 bridgehead atoms. The van der Waals surface area contributed by atoms with Crippen molar-refractivity contribution in [3.8, 4) is 11.5 Å². The highest BCUT2D eigenvalue weighted by Gasteiger charge is 2.27. The van der Waals surface area contributed by atoms with Gasteiger partial charge in [0.1, 0.15) is 6.61 Å². The van der Waals surface area contributed by atoms with Crippen LogP contribution in [0.5, 0.6) is 11.5 Å². The summed E-state index contributed by atoms with van der Waals surface area (Å²) in [4.78, 5) is 30.0. The largest absolute Gasteiger partial charge is 0.493 e. The molecule has 0 spiro atoms. The fourth-order valence-electron chi connectivity index (χ4n) is 3.23. The van der Waals surface area contributed by atoms with Gasteiger partial charge in [-0.25, -0.2) is 0 Å². The Morgan fingerprint density at radius 1 is 1.21 bits per heavy atom. The lowest BCUT2D eigenvalue weighted by atomic mass is 9.97. The summed E-state index contributed by atoms with van der Waals surface area (Å²) in [5, 5.41) is 2.94. The number of nitrogens with one attached hydrogen (secondary N) is 1. The molecule has 0 saturated carbocycles. The summed E-state index contributed by atoms with van der Waals surface area (Å²) in [6.45, 7) is 3.08. The number of hydrogen-bond donors (Lipinski definition) is 1. The van der Waals surface area contributed by atoms with Gasteiger partial charge in [0.05, 0.1) is 13.0 Å². The van der Waals surface area contributed by atoms with Gasteiger partial charge in [-0.1, -0.05) is 0 Å². The SMILES string of the molecule is COc1ccc(NC(=O)C2CCCN(C(C)=O)C2)cc1OCc1ccncc1. The zero-order valence-electron chi connectivity index (χ0n) is 16.2. The monoisotopic (exact) mass is 383 g/mol. The van der Waals surface area contributed by atoms with Crippen molar-refractivity contribution < 1.29 is 19.1 Å². The molecule has 1 atom stereocenters. The molecule has 1 N–H and O–H groups in total. The van der Waals surface area contributed by atoms with Crippen LogP contribution in [0.4, 0.5) is 5.69 Å². The van der Waals surface area contributed by atoms with E-state index in [-0.39, 0.29) is 17.7 Å². The number of methoxy groups -OCH3 is 1. The minimum Gasteiger partial charge on any atom is -0.493 e. The molecule has 1 fully saturated rings. The van der Waals surface area contributed by atoms with Crippen molar-refractivity contribution in [2.75, 3.05) is 25.5 Å². The summed E-state index contributed by atoms with van der Waals surface area (Å²) < 4.78 is 11.2. The minimum absolute atomic E-state index is 0.00810. The summed E-state index contributed by atoms with van der Waals surface area (Å²) in [5.41, 5.74) is 1.62. The molecule has 1 aliphatic heterocycles. The fourth-order valence-corrected chi connectivity index (χ4v) is 3.23. The van der Waals surface area contributed by atoms with Gasteiger partial charge in [-0.3, -0.25) is 14.6 Å². The maximum absolute atomic E-state index is 12.7. The predicted molar refractivity (Wildman–Crippen MR) is 105 cm³/mol. The Morgan fingerprint density at radius 3 is 2.71 bits per heavy atom. The number of benzene rings is 1. The lowest BCUT2D eigenvalue weighted by Gasteiger charge is -2.31. The molecule has 2 amide bonds. The maximum Gasteiger partial charge on any atom is 0.229 e. The van der Waals surface area contributed by atoms with Gasteiger partial charge in [-0.05, 0) is 42.7 Å². The van der Waals surface area contributed by atoms with Crippen LogP contribution in [0.25, 0.3) is 0 Å². The van der Waals surface area contributed by atoms with Crippen LogP contribution in [0.3, 0.4) is 0 Å². The number of amides is 2. The molecule has 148 valence electrons. The molecular formula is C21H25N3O4. The second kappa shape index (κ2) is 9.21. The van der Waals surface area contributed by atoms with Crippen LogP contribution in [0.2, 0.25) is 0 Å². The summed E-state index contributed by atoms with van der Waals surface area (Å²) in [5.74, 6) is 0.851. The van der Waals surface area contributed by atoms with Gasteiger partial charge in [0.15, 0.2) is 11.5 Å². The van der Waals surface area contributed by atoms with Crippen LogP contribution in [-0.4, -0.2) is 41.9 Å². The van der Waals surface area contributed by atoms with Crippen molar-refractivity contribution in [3.05, 3.63) is 48.3 Å². The summed E-state index contributed by atoms with van der Waals surface area (Å²) in [6, 6.07) is 9.05. The van der Waals surface area contributed by atoms with E-state index in [0.717, 1.165) is 18.4 Å². The third-order valence-corrected chi connectivity index (χ3v) is 4.81. The Kier molecular flexibility index (Phi) is 6.47. The van der Waals surface area contributed by atoms with E-state index >= 15 is 0 Å². The van der Waals surface area contributed by atoms with Crippen LogP contribution < -0.4 is 14.8 Å². The molecule has 1 saturated heterocycles. The number of rotatable bonds is 6.